The van der Waals surface area contributed by atoms with E-state index in [0.29, 0.717) is 35.4 Å². The van der Waals surface area contributed by atoms with Crippen LogP contribution >= 0.6 is 0 Å². The second kappa shape index (κ2) is 6.28. The summed E-state index contributed by atoms with van der Waals surface area (Å²) < 4.78 is 5.09. The Labute approximate surface area is 109 Å². The van der Waals surface area contributed by atoms with Crippen LogP contribution in [-0.2, 0) is 0 Å². The molecule has 1 aromatic rings. The summed E-state index contributed by atoms with van der Waals surface area (Å²) in [6.45, 7) is 7.07. The number of nitrogens with two attached hydrogens (primary N) is 1. The minimum absolute atomic E-state index is 0.0965. The molecule has 0 fully saturated rings. The van der Waals surface area contributed by atoms with E-state index >= 15 is 0 Å². The molecule has 0 aliphatic heterocycles. The first-order chi connectivity index (χ1) is 8.45. The van der Waals surface area contributed by atoms with Crippen LogP contribution in [0.1, 0.15) is 31.1 Å². The number of benzene rings is 1. The maximum absolute atomic E-state index is 11.9. The normalized spacial score (nSPS) is 12.3. The summed E-state index contributed by atoms with van der Waals surface area (Å²) in [4.78, 5) is 11.9. The zero-order valence-electron chi connectivity index (χ0n) is 11.5. The molecule has 3 N–H and O–H groups in total. The van der Waals surface area contributed by atoms with Crippen molar-refractivity contribution in [1.82, 2.24) is 5.32 Å². The number of nitrogens with one attached hydrogen (secondary N) is 1. The van der Waals surface area contributed by atoms with Crippen molar-refractivity contribution in [1.29, 1.82) is 0 Å². The molecular formula is C14H22N2O2. The van der Waals surface area contributed by atoms with Crippen molar-refractivity contribution in [2.75, 3.05) is 19.4 Å². The number of anilines is 1. The Bertz CT molecular complexity index is 416. The van der Waals surface area contributed by atoms with Gasteiger partial charge >= 0.3 is 0 Å². The Morgan fingerprint density at radius 3 is 2.61 bits per heavy atom. The van der Waals surface area contributed by atoms with Gasteiger partial charge in [-0.05, 0) is 30.0 Å². The van der Waals surface area contributed by atoms with Crippen LogP contribution in [0.3, 0.4) is 0 Å². The SMILES string of the molecule is COc1cc(C(=O)NCC(C)C(C)C)ccc1N. The monoisotopic (exact) mass is 250 g/mol. The molecule has 0 aliphatic carbocycles. The van der Waals surface area contributed by atoms with E-state index in [0.717, 1.165) is 0 Å². The number of rotatable bonds is 5. The molecule has 0 radical (unpaired) electrons. The van der Waals surface area contributed by atoms with E-state index in [2.05, 4.69) is 26.1 Å². The molecule has 0 saturated heterocycles. The van der Waals surface area contributed by atoms with Gasteiger partial charge in [0.2, 0.25) is 0 Å². The minimum Gasteiger partial charge on any atom is -0.495 e. The molecule has 100 valence electrons. The average molecular weight is 250 g/mol. The lowest BCUT2D eigenvalue weighted by Gasteiger charge is -2.16. The molecule has 1 amide bonds. The largest absolute Gasteiger partial charge is 0.495 e. The van der Waals surface area contributed by atoms with Crippen molar-refractivity contribution < 1.29 is 9.53 Å². The highest BCUT2D eigenvalue weighted by molar-refractivity contribution is 5.95. The van der Waals surface area contributed by atoms with Gasteiger partial charge in [-0.2, -0.15) is 0 Å². The van der Waals surface area contributed by atoms with Gasteiger partial charge in [0.25, 0.3) is 5.91 Å². The van der Waals surface area contributed by atoms with Gasteiger partial charge in [-0.15, -0.1) is 0 Å². The zero-order chi connectivity index (χ0) is 13.7. The van der Waals surface area contributed by atoms with Crippen LogP contribution in [0.25, 0.3) is 0 Å². The first kappa shape index (κ1) is 14.4. The number of carbonyl (C=O) groups is 1. The number of methoxy groups -OCH3 is 1. The summed E-state index contributed by atoms with van der Waals surface area (Å²) in [5.41, 5.74) is 6.80. The second-order valence-corrected chi connectivity index (χ2v) is 4.89. The van der Waals surface area contributed by atoms with E-state index in [1.165, 1.54) is 7.11 Å². The van der Waals surface area contributed by atoms with Crippen molar-refractivity contribution in [2.24, 2.45) is 11.8 Å². The van der Waals surface area contributed by atoms with E-state index in [1.54, 1.807) is 18.2 Å². The molecule has 0 bridgehead atoms. The predicted octanol–water partition coefficient (Wildman–Crippen LogP) is 2.30. The first-order valence-electron chi connectivity index (χ1n) is 6.17. The van der Waals surface area contributed by atoms with Crippen LogP contribution in [-0.4, -0.2) is 19.6 Å². The van der Waals surface area contributed by atoms with Crippen LogP contribution in [0, 0.1) is 11.8 Å². The fraction of sp³-hybridized carbons (Fsp3) is 0.500. The first-order valence-corrected chi connectivity index (χ1v) is 6.17. The van der Waals surface area contributed by atoms with Gasteiger partial charge in [-0.1, -0.05) is 20.8 Å². The maximum Gasteiger partial charge on any atom is 0.251 e. The lowest BCUT2D eigenvalue weighted by atomic mass is 9.98. The summed E-state index contributed by atoms with van der Waals surface area (Å²) >= 11 is 0. The van der Waals surface area contributed by atoms with Gasteiger partial charge in [0.1, 0.15) is 5.75 Å². The van der Waals surface area contributed by atoms with Gasteiger partial charge in [0, 0.05) is 12.1 Å². The number of ether oxygens (including phenoxy) is 1. The highest BCUT2D eigenvalue weighted by atomic mass is 16.5. The molecule has 1 rings (SSSR count). The Balaban J connectivity index is 2.67. The molecule has 0 aromatic heterocycles. The van der Waals surface area contributed by atoms with Crippen LogP contribution in [0.15, 0.2) is 18.2 Å². The molecule has 0 saturated carbocycles. The summed E-state index contributed by atoms with van der Waals surface area (Å²) in [5.74, 6) is 1.43. The molecule has 4 nitrogen and oxygen atoms in total. The highest BCUT2D eigenvalue weighted by Gasteiger charge is 2.11. The molecule has 0 spiro atoms. The Kier molecular flexibility index (Phi) is 5.01. The quantitative estimate of drug-likeness (QED) is 0.788. The van der Waals surface area contributed by atoms with Crippen molar-refractivity contribution in [3.63, 3.8) is 0 Å². The fourth-order valence-electron chi connectivity index (χ4n) is 1.44. The van der Waals surface area contributed by atoms with E-state index in [-0.39, 0.29) is 5.91 Å². The van der Waals surface area contributed by atoms with Gasteiger partial charge in [-0.3, -0.25) is 4.79 Å². The topological polar surface area (TPSA) is 64.3 Å². The van der Waals surface area contributed by atoms with Crippen LogP contribution in [0.2, 0.25) is 0 Å². The Hall–Kier alpha value is -1.71. The predicted molar refractivity (Wildman–Crippen MR) is 73.7 cm³/mol. The minimum atomic E-state index is -0.0965. The molecule has 1 atom stereocenters. The molecule has 1 aromatic carbocycles. The van der Waals surface area contributed by atoms with Crippen LogP contribution in [0.5, 0.6) is 5.75 Å². The summed E-state index contributed by atoms with van der Waals surface area (Å²) in [5, 5.41) is 2.92. The molecule has 4 heteroatoms. The van der Waals surface area contributed by atoms with E-state index in [1.807, 2.05) is 0 Å². The van der Waals surface area contributed by atoms with E-state index in [9.17, 15) is 4.79 Å². The van der Waals surface area contributed by atoms with E-state index in [4.69, 9.17) is 10.5 Å². The Morgan fingerprint density at radius 1 is 1.39 bits per heavy atom. The smallest absolute Gasteiger partial charge is 0.251 e. The van der Waals surface area contributed by atoms with Gasteiger partial charge < -0.3 is 15.8 Å². The summed E-state index contributed by atoms with van der Waals surface area (Å²) in [6.07, 6.45) is 0. The van der Waals surface area contributed by atoms with Gasteiger partial charge in [-0.25, -0.2) is 0 Å². The van der Waals surface area contributed by atoms with Crippen molar-refractivity contribution >= 4 is 11.6 Å². The fourth-order valence-corrected chi connectivity index (χ4v) is 1.44. The van der Waals surface area contributed by atoms with Gasteiger partial charge in [0.15, 0.2) is 0 Å². The van der Waals surface area contributed by atoms with Crippen molar-refractivity contribution in [2.45, 2.75) is 20.8 Å². The molecule has 0 aliphatic rings. The summed E-state index contributed by atoms with van der Waals surface area (Å²) in [6, 6.07) is 5.04. The third kappa shape index (κ3) is 3.65. The zero-order valence-corrected chi connectivity index (χ0v) is 11.5. The van der Waals surface area contributed by atoms with Crippen LogP contribution in [0.4, 0.5) is 5.69 Å². The van der Waals surface area contributed by atoms with Crippen molar-refractivity contribution in [3.8, 4) is 5.75 Å². The summed E-state index contributed by atoms with van der Waals surface area (Å²) in [7, 11) is 1.54. The van der Waals surface area contributed by atoms with Gasteiger partial charge in [0.05, 0.1) is 12.8 Å². The molecular weight excluding hydrogens is 228 g/mol. The maximum atomic E-state index is 11.9. The number of hydrogen-bond donors (Lipinski definition) is 2. The molecule has 0 heterocycles. The number of carbonyl (C=O) groups excluding carboxylic acids is 1. The number of amides is 1. The third-order valence-corrected chi connectivity index (χ3v) is 3.22. The Morgan fingerprint density at radius 2 is 2.06 bits per heavy atom. The standard InChI is InChI=1S/C14H22N2O2/c1-9(2)10(3)8-16-14(17)11-5-6-12(15)13(7-11)18-4/h5-7,9-10H,8,15H2,1-4H3,(H,16,17). The molecule has 18 heavy (non-hydrogen) atoms. The van der Waals surface area contributed by atoms with Crippen molar-refractivity contribution in [3.05, 3.63) is 23.8 Å². The van der Waals surface area contributed by atoms with E-state index < -0.39 is 0 Å². The average Bonchev–Trinajstić information content (AvgIpc) is 2.35. The third-order valence-electron chi connectivity index (χ3n) is 3.22. The number of nitrogen functional groups attached to an aromatic ring is 1. The second-order valence-electron chi connectivity index (χ2n) is 4.89. The molecule has 1 unspecified atom stereocenters. The van der Waals surface area contributed by atoms with Crippen LogP contribution < -0.4 is 15.8 Å². The highest BCUT2D eigenvalue weighted by Crippen LogP contribution is 2.22. The lowest BCUT2D eigenvalue weighted by molar-refractivity contribution is 0.0944. The number of hydrogen-bond acceptors (Lipinski definition) is 3. The lowest BCUT2D eigenvalue weighted by Crippen LogP contribution is -2.30.